The fourth-order valence-corrected chi connectivity index (χ4v) is 3.62. The molecule has 3 heterocycles. The van der Waals surface area contributed by atoms with Gasteiger partial charge in [0.05, 0.1) is 17.3 Å². The van der Waals surface area contributed by atoms with Crippen LogP contribution in [0.25, 0.3) is 10.9 Å². The molecule has 0 spiro atoms. The average molecular weight is 325 g/mol. The van der Waals surface area contributed by atoms with Gasteiger partial charge in [-0.25, -0.2) is 0 Å². The molecule has 24 heavy (non-hydrogen) atoms. The monoisotopic (exact) mass is 325 g/mol. The Morgan fingerprint density at radius 1 is 1.29 bits per heavy atom. The molecule has 1 aliphatic heterocycles. The Morgan fingerprint density at radius 3 is 2.79 bits per heavy atom. The van der Waals surface area contributed by atoms with E-state index in [9.17, 15) is 4.79 Å². The summed E-state index contributed by atoms with van der Waals surface area (Å²) >= 11 is 0. The van der Waals surface area contributed by atoms with E-state index in [0.717, 1.165) is 42.5 Å². The van der Waals surface area contributed by atoms with Gasteiger partial charge in [-0.1, -0.05) is 27.2 Å². The van der Waals surface area contributed by atoms with Gasteiger partial charge in [0.1, 0.15) is 5.78 Å². The Kier molecular flexibility index (Phi) is 4.68. The van der Waals surface area contributed by atoms with Crippen LogP contribution in [0.3, 0.4) is 0 Å². The number of ketones is 1. The van der Waals surface area contributed by atoms with Crippen LogP contribution in [0.2, 0.25) is 0 Å². The first-order valence-corrected chi connectivity index (χ1v) is 8.85. The van der Waals surface area contributed by atoms with Gasteiger partial charge in [-0.2, -0.15) is 0 Å². The van der Waals surface area contributed by atoms with Gasteiger partial charge in [-0.15, -0.1) is 0 Å². The van der Waals surface area contributed by atoms with Gasteiger partial charge in [-0.3, -0.25) is 19.7 Å². The highest BCUT2D eigenvalue weighted by atomic mass is 16.1. The number of fused-ring (bicyclic) bond motifs is 1. The van der Waals surface area contributed by atoms with Crippen molar-refractivity contribution >= 4 is 16.7 Å². The van der Waals surface area contributed by atoms with Crippen LogP contribution in [0.15, 0.2) is 24.5 Å². The maximum atomic E-state index is 11.9. The van der Waals surface area contributed by atoms with Crippen molar-refractivity contribution < 1.29 is 4.79 Å². The predicted octanol–water partition coefficient (Wildman–Crippen LogP) is 3.87. The number of rotatable bonds is 3. The van der Waals surface area contributed by atoms with Gasteiger partial charge in [0.25, 0.3) is 0 Å². The van der Waals surface area contributed by atoms with E-state index >= 15 is 0 Å². The molecule has 1 atom stereocenters. The van der Waals surface area contributed by atoms with E-state index in [-0.39, 0.29) is 17.2 Å². The van der Waals surface area contributed by atoms with Crippen LogP contribution < -0.4 is 0 Å². The van der Waals surface area contributed by atoms with E-state index in [1.807, 2.05) is 18.5 Å². The first kappa shape index (κ1) is 17.0. The zero-order valence-electron chi connectivity index (χ0n) is 15.2. The summed E-state index contributed by atoms with van der Waals surface area (Å²) in [7, 11) is 0. The van der Waals surface area contributed by atoms with E-state index in [2.05, 4.69) is 36.7 Å². The second-order valence-electron chi connectivity index (χ2n) is 7.92. The standard InChI is InChI=1S/C20H27N3O/c1-14(24)17-7-5-6-10-23(17)13-15-11-16-8-9-21-19(20(2,3)4)18(16)22-12-15/h8-9,11-12,17H,5-7,10,13H2,1-4H3. The van der Waals surface area contributed by atoms with Crippen molar-refractivity contribution in [2.24, 2.45) is 0 Å². The van der Waals surface area contributed by atoms with E-state index in [0.29, 0.717) is 0 Å². The topological polar surface area (TPSA) is 46.1 Å². The summed E-state index contributed by atoms with van der Waals surface area (Å²) < 4.78 is 0. The second kappa shape index (κ2) is 6.60. The van der Waals surface area contributed by atoms with E-state index in [4.69, 9.17) is 4.98 Å². The minimum atomic E-state index is -0.0272. The first-order chi connectivity index (χ1) is 11.4. The van der Waals surface area contributed by atoms with Crippen molar-refractivity contribution in [1.82, 2.24) is 14.9 Å². The average Bonchev–Trinajstić information content (AvgIpc) is 2.53. The molecule has 0 amide bonds. The molecule has 1 saturated heterocycles. The lowest BCUT2D eigenvalue weighted by atomic mass is 9.90. The van der Waals surface area contributed by atoms with E-state index in [1.165, 1.54) is 12.0 Å². The minimum absolute atomic E-state index is 0.0272. The molecule has 1 aliphatic rings. The van der Waals surface area contributed by atoms with Crippen LogP contribution >= 0.6 is 0 Å². The number of nitrogens with zero attached hydrogens (tertiary/aromatic N) is 3. The van der Waals surface area contributed by atoms with Crippen molar-refractivity contribution in [2.45, 2.75) is 65.0 Å². The molecular weight excluding hydrogens is 298 g/mol. The third-order valence-electron chi connectivity index (χ3n) is 4.83. The normalized spacial score (nSPS) is 19.6. The Balaban J connectivity index is 1.90. The summed E-state index contributed by atoms with van der Waals surface area (Å²) in [5.41, 5.74) is 3.16. The molecule has 2 aromatic heterocycles. The van der Waals surface area contributed by atoms with Crippen LogP contribution in [-0.2, 0) is 16.8 Å². The zero-order chi connectivity index (χ0) is 17.3. The summed E-state index contributed by atoms with van der Waals surface area (Å²) in [4.78, 5) is 23.5. The Hall–Kier alpha value is -1.81. The number of hydrogen-bond donors (Lipinski definition) is 0. The lowest BCUT2D eigenvalue weighted by molar-refractivity contribution is -0.123. The molecule has 0 radical (unpaired) electrons. The number of aromatic nitrogens is 2. The molecule has 0 aliphatic carbocycles. The highest BCUT2D eigenvalue weighted by Crippen LogP contribution is 2.27. The number of Topliss-reactive ketones (excluding diaryl/α,β-unsaturated/α-hetero) is 1. The van der Waals surface area contributed by atoms with Gasteiger partial charge in [0, 0.05) is 29.7 Å². The third-order valence-corrected chi connectivity index (χ3v) is 4.83. The van der Waals surface area contributed by atoms with E-state index < -0.39 is 0 Å². The van der Waals surface area contributed by atoms with Crippen molar-refractivity contribution in [1.29, 1.82) is 0 Å². The number of pyridine rings is 2. The Labute approximate surface area is 144 Å². The maximum absolute atomic E-state index is 11.9. The number of piperidine rings is 1. The molecule has 128 valence electrons. The lowest BCUT2D eigenvalue weighted by Crippen LogP contribution is -2.43. The van der Waals surface area contributed by atoms with Crippen LogP contribution in [-0.4, -0.2) is 33.2 Å². The maximum Gasteiger partial charge on any atom is 0.146 e. The number of carbonyl (C=O) groups excluding carboxylic acids is 1. The summed E-state index contributed by atoms with van der Waals surface area (Å²) in [5.74, 6) is 0.280. The molecule has 4 nitrogen and oxygen atoms in total. The van der Waals surface area contributed by atoms with Gasteiger partial charge in [0.2, 0.25) is 0 Å². The molecule has 1 unspecified atom stereocenters. The Bertz CT molecular complexity index is 748. The van der Waals surface area contributed by atoms with Crippen molar-refractivity contribution in [3.05, 3.63) is 35.8 Å². The molecule has 0 N–H and O–H groups in total. The van der Waals surface area contributed by atoms with Crippen LogP contribution in [0.1, 0.15) is 58.2 Å². The van der Waals surface area contributed by atoms with Crippen LogP contribution in [0, 0.1) is 0 Å². The lowest BCUT2D eigenvalue weighted by Gasteiger charge is -2.34. The van der Waals surface area contributed by atoms with Crippen LogP contribution in [0.5, 0.6) is 0 Å². The summed E-state index contributed by atoms with van der Waals surface area (Å²) in [5, 5.41) is 1.13. The summed E-state index contributed by atoms with van der Waals surface area (Å²) in [6, 6.07) is 4.29. The van der Waals surface area contributed by atoms with Gasteiger partial charge in [-0.05, 0) is 44.0 Å². The number of hydrogen-bond acceptors (Lipinski definition) is 4. The fraction of sp³-hybridized carbons (Fsp3) is 0.550. The molecular formula is C20H27N3O. The van der Waals surface area contributed by atoms with Crippen LogP contribution in [0.4, 0.5) is 0 Å². The SMILES string of the molecule is CC(=O)C1CCCCN1Cc1cnc2c(C(C)(C)C)nccc2c1. The Morgan fingerprint density at radius 2 is 2.08 bits per heavy atom. The number of likely N-dealkylation sites (tertiary alicyclic amines) is 1. The second-order valence-corrected chi connectivity index (χ2v) is 7.92. The predicted molar refractivity (Wildman–Crippen MR) is 97.0 cm³/mol. The molecule has 2 aromatic rings. The molecule has 4 heteroatoms. The van der Waals surface area contributed by atoms with Gasteiger partial charge >= 0.3 is 0 Å². The highest BCUT2D eigenvalue weighted by Gasteiger charge is 2.26. The smallest absolute Gasteiger partial charge is 0.146 e. The van der Waals surface area contributed by atoms with Gasteiger partial charge < -0.3 is 0 Å². The molecule has 0 bridgehead atoms. The highest BCUT2D eigenvalue weighted by molar-refractivity contribution is 5.82. The number of carbonyl (C=O) groups is 1. The van der Waals surface area contributed by atoms with Crippen molar-refractivity contribution in [3.8, 4) is 0 Å². The van der Waals surface area contributed by atoms with Gasteiger partial charge in [0.15, 0.2) is 0 Å². The first-order valence-electron chi connectivity index (χ1n) is 8.85. The van der Waals surface area contributed by atoms with E-state index in [1.54, 1.807) is 6.92 Å². The molecule has 1 fully saturated rings. The zero-order valence-corrected chi connectivity index (χ0v) is 15.2. The fourth-order valence-electron chi connectivity index (χ4n) is 3.62. The summed E-state index contributed by atoms with van der Waals surface area (Å²) in [6.07, 6.45) is 7.12. The molecule has 0 saturated carbocycles. The quantitative estimate of drug-likeness (QED) is 0.859. The summed E-state index contributed by atoms with van der Waals surface area (Å²) in [6.45, 7) is 9.98. The molecule has 0 aromatic carbocycles. The largest absolute Gasteiger partial charge is 0.298 e. The third kappa shape index (κ3) is 3.48. The van der Waals surface area contributed by atoms with Crippen molar-refractivity contribution in [2.75, 3.05) is 6.54 Å². The minimum Gasteiger partial charge on any atom is -0.298 e. The molecule has 3 rings (SSSR count). The van der Waals surface area contributed by atoms with Crippen molar-refractivity contribution in [3.63, 3.8) is 0 Å².